The van der Waals surface area contributed by atoms with Crippen molar-refractivity contribution in [3.05, 3.63) is 29.7 Å². The summed E-state index contributed by atoms with van der Waals surface area (Å²) < 4.78 is 0. The number of nitrogens with one attached hydrogen (secondary N) is 1. The lowest BCUT2D eigenvalue weighted by molar-refractivity contribution is 0.806. The molecule has 0 amide bonds. The minimum absolute atomic E-state index is 0.0114. The summed E-state index contributed by atoms with van der Waals surface area (Å²) in [6.45, 7) is 3.80. The molecule has 3 N–H and O–H groups in total. The fourth-order valence-corrected chi connectivity index (χ4v) is 1.89. The topological polar surface area (TPSA) is 80.5 Å². The van der Waals surface area contributed by atoms with Crippen LogP contribution in [0.25, 0.3) is 0 Å². The molecule has 0 unspecified atom stereocenters. The number of aromatic nitrogens is 4. The summed E-state index contributed by atoms with van der Waals surface area (Å²) in [6.07, 6.45) is 1.78. The summed E-state index contributed by atoms with van der Waals surface area (Å²) in [4.78, 5) is 8.49. The first kappa shape index (κ1) is 11.1. The van der Waals surface area contributed by atoms with Crippen molar-refractivity contribution in [3.63, 3.8) is 0 Å². The molecule has 16 heavy (non-hydrogen) atoms. The maximum absolute atomic E-state index is 5.74. The van der Waals surface area contributed by atoms with Gasteiger partial charge in [-0.25, -0.2) is 9.97 Å². The van der Waals surface area contributed by atoms with E-state index in [1.165, 1.54) is 11.8 Å². The van der Waals surface area contributed by atoms with Gasteiger partial charge in [-0.2, -0.15) is 0 Å². The Morgan fingerprint density at radius 2 is 2.25 bits per heavy atom. The van der Waals surface area contributed by atoms with E-state index in [0.717, 1.165) is 16.4 Å². The molecule has 0 spiro atoms. The van der Waals surface area contributed by atoms with Crippen molar-refractivity contribution in [1.29, 1.82) is 0 Å². The summed E-state index contributed by atoms with van der Waals surface area (Å²) >= 11 is 1.42. The maximum Gasteiger partial charge on any atom is 0.214 e. The molecule has 0 aliphatic rings. The first-order valence-electron chi connectivity index (χ1n) is 4.93. The second-order valence-electron chi connectivity index (χ2n) is 3.52. The number of rotatable bonds is 3. The highest BCUT2D eigenvalue weighted by Crippen LogP contribution is 2.22. The largest absolute Gasteiger partial charge is 0.324 e. The first-order valence-corrected chi connectivity index (χ1v) is 5.75. The molecule has 0 aliphatic carbocycles. The molecule has 1 atom stereocenters. The van der Waals surface area contributed by atoms with E-state index in [1.807, 2.05) is 26.0 Å². The SMILES string of the molecule is Cc1nc(Sc2ccc([C@@H](C)N)cn2)n[nH]1. The molecule has 0 saturated heterocycles. The predicted molar refractivity (Wildman–Crippen MR) is 62.1 cm³/mol. The molecule has 2 rings (SSSR count). The monoisotopic (exact) mass is 235 g/mol. The molecule has 5 nitrogen and oxygen atoms in total. The zero-order valence-electron chi connectivity index (χ0n) is 9.14. The van der Waals surface area contributed by atoms with E-state index in [-0.39, 0.29) is 6.04 Å². The average molecular weight is 235 g/mol. The Morgan fingerprint density at radius 3 is 2.75 bits per heavy atom. The Kier molecular flexibility index (Phi) is 3.21. The van der Waals surface area contributed by atoms with E-state index in [0.29, 0.717) is 5.16 Å². The van der Waals surface area contributed by atoms with Crippen LogP contribution in [0.15, 0.2) is 28.5 Å². The Labute approximate surface area is 97.9 Å². The van der Waals surface area contributed by atoms with Gasteiger partial charge in [0.25, 0.3) is 0 Å². The quantitative estimate of drug-likeness (QED) is 0.846. The molecule has 0 radical (unpaired) electrons. The summed E-state index contributed by atoms with van der Waals surface area (Å²) in [5, 5.41) is 8.36. The van der Waals surface area contributed by atoms with Gasteiger partial charge < -0.3 is 5.73 Å². The molecule has 2 aromatic rings. The van der Waals surface area contributed by atoms with E-state index < -0.39 is 0 Å². The van der Waals surface area contributed by atoms with Crippen LogP contribution in [0.5, 0.6) is 0 Å². The third kappa shape index (κ3) is 2.59. The summed E-state index contributed by atoms with van der Waals surface area (Å²) in [5.41, 5.74) is 6.77. The number of hydrogen-bond acceptors (Lipinski definition) is 5. The van der Waals surface area contributed by atoms with E-state index in [9.17, 15) is 0 Å². The van der Waals surface area contributed by atoms with Crippen molar-refractivity contribution in [3.8, 4) is 0 Å². The zero-order valence-corrected chi connectivity index (χ0v) is 9.95. The van der Waals surface area contributed by atoms with Crippen LogP contribution in [0, 0.1) is 6.92 Å². The van der Waals surface area contributed by atoms with Crippen molar-refractivity contribution < 1.29 is 0 Å². The van der Waals surface area contributed by atoms with Gasteiger partial charge in [-0.3, -0.25) is 5.10 Å². The van der Waals surface area contributed by atoms with Crippen LogP contribution in [0.1, 0.15) is 24.4 Å². The maximum atomic E-state index is 5.74. The van der Waals surface area contributed by atoms with Crippen LogP contribution >= 0.6 is 11.8 Å². The van der Waals surface area contributed by atoms with Crippen LogP contribution < -0.4 is 5.73 Å². The van der Waals surface area contributed by atoms with Crippen LogP contribution in [0.4, 0.5) is 0 Å². The van der Waals surface area contributed by atoms with Crippen molar-refractivity contribution in [2.45, 2.75) is 30.1 Å². The van der Waals surface area contributed by atoms with Crippen molar-refractivity contribution in [2.75, 3.05) is 0 Å². The van der Waals surface area contributed by atoms with E-state index >= 15 is 0 Å². The normalized spacial score (nSPS) is 12.7. The van der Waals surface area contributed by atoms with Gasteiger partial charge in [0.1, 0.15) is 10.9 Å². The van der Waals surface area contributed by atoms with Gasteiger partial charge in [-0.05, 0) is 37.2 Å². The molecule has 84 valence electrons. The molecular weight excluding hydrogens is 222 g/mol. The number of hydrogen-bond donors (Lipinski definition) is 2. The molecule has 0 saturated carbocycles. The average Bonchev–Trinajstić information content (AvgIpc) is 2.65. The first-order chi connectivity index (χ1) is 7.65. The summed E-state index contributed by atoms with van der Waals surface area (Å²) in [7, 11) is 0. The third-order valence-corrected chi connectivity index (χ3v) is 2.87. The fraction of sp³-hybridized carbons (Fsp3) is 0.300. The Morgan fingerprint density at radius 1 is 1.44 bits per heavy atom. The van der Waals surface area contributed by atoms with Gasteiger partial charge in [0.2, 0.25) is 5.16 Å². The summed E-state index contributed by atoms with van der Waals surface area (Å²) in [6, 6.07) is 3.91. The van der Waals surface area contributed by atoms with Gasteiger partial charge in [0.15, 0.2) is 0 Å². The third-order valence-electron chi connectivity index (χ3n) is 2.06. The molecule has 2 heterocycles. The highest BCUT2D eigenvalue weighted by atomic mass is 32.2. The number of aryl methyl sites for hydroxylation is 1. The minimum Gasteiger partial charge on any atom is -0.324 e. The number of aromatic amines is 1. The van der Waals surface area contributed by atoms with E-state index in [1.54, 1.807) is 6.20 Å². The molecule has 0 bridgehead atoms. The minimum atomic E-state index is 0.0114. The predicted octanol–water partition coefficient (Wildman–Crippen LogP) is 1.68. The van der Waals surface area contributed by atoms with Crippen LogP contribution in [0.2, 0.25) is 0 Å². The van der Waals surface area contributed by atoms with Gasteiger partial charge in [0.05, 0.1) is 0 Å². The smallest absolute Gasteiger partial charge is 0.214 e. The number of H-pyrrole nitrogens is 1. The standard InChI is InChI=1S/C10H13N5S/c1-6(11)8-3-4-9(12-5-8)16-10-13-7(2)14-15-10/h3-6H,11H2,1-2H3,(H,13,14,15)/t6-/m1/s1. The highest BCUT2D eigenvalue weighted by Gasteiger charge is 2.05. The molecule has 0 fully saturated rings. The van der Waals surface area contributed by atoms with Gasteiger partial charge >= 0.3 is 0 Å². The second-order valence-corrected chi connectivity index (χ2v) is 4.51. The molecule has 2 aromatic heterocycles. The summed E-state index contributed by atoms with van der Waals surface area (Å²) in [5.74, 6) is 0.801. The highest BCUT2D eigenvalue weighted by molar-refractivity contribution is 7.99. The molecule has 0 aliphatic heterocycles. The van der Waals surface area contributed by atoms with Gasteiger partial charge in [0, 0.05) is 12.2 Å². The van der Waals surface area contributed by atoms with Crippen LogP contribution in [-0.2, 0) is 0 Å². The lowest BCUT2D eigenvalue weighted by Gasteiger charge is -2.04. The van der Waals surface area contributed by atoms with E-state index in [2.05, 4.69) is 20.2 Å². The van der Waals surface area contributed by atoms with E-state index in [4.69, 9.17) is 5.73 Å². The van der Waals surface area contributed by atoms with Crippen LogP contribution in [0.3, 0.4) is 0 Å². The van der Waals surface area contributed by atoms with Gasteiger partial charge in [-0.15, -0.1) is 5.10 Å². The van der Waals surface area contributed by atoms with Gasteiger partial charge in [-0.1, -0.05) is 6.07 Å². The lowest BCUT2D eigenvalue weighted by atomic mass is 10.2. The second kappa shape index (κ2) is 4.63. The number of nitrogens with two attached hydrogens (primary N) is 1. The van der Waals surface area contributed by atoms with Crippen molar-refractivity contribution in [1.82, 2.24) is 20.2 Å². The Hall–Kier alpha value is -1.40. The van der Waals surface area contributed by atoms with Crippen molar-refractivity contribution in [2.24, 2.45) is 5.73 Å². The molecule has 6 heteroatoms. The fourth-order valence-electron chi connectivity index (χ4n) is 1.18. The molecule has 0 aromatic carbocycles. The number of pyridine rings is 1. The Balaban J connectivity index is 2.11. The zero-order chi connectivity index (χ0) is 11.5. The van der Waals surface area contributed by atoms with Crippen molar-refractivity contribution >= 4 is 11.8 Å². The van der Waals surface area contributed by atoms with Crippen LogP contribution in [-0.4, -0.2) is 20.2 Å². The lowest BCUT2D eigenvalue weighted by Crippen LogP contribution is -2.04. The Bertz CT molecular complexity index is 462. The molecular formula is C10H13N5S. The number of nitrogens with zero attached hydrogens (tertiary/aromatic N) is 3.